The molecule has 8 nitrogen and oxygen atoms in total. The van der Waals surface area contributed by atoms with Gasteiger partial charge in [0.15, 0.2) is 0 Å². The summed E-state index contributed by atoms with van der Waals surface area (Å²) in [6.45, 7) is 1.53. The van der Waals surface area contributed by atoms with E-state index in [2.05, 4.69) is 30.7 Å². The second-order valence-electron chi connectivity index (χ2n) is 7.08. The Morgan fingerprint density at radius 2 is 1.91 bits per heavy atom. The van der Waals surface area contributed by atoms with Gasteiger partial charge in [-0.2, -0.15) is 13.2 Å². The van der Waals surface area contributed by atoms with Gasteiger partial charge in [-0.05, 0) is 36.2 Å². The Balaban J connectivity index is 1.54. The van der Waals surface area contributed by atoms with Crippen LogP contribution in [0.3, 0.4) is 0 Å². The van der Waals surface area contributed by atoms with E-state index in [1.165, 1.54) is 0 Å². The quantitative estimate of drug-likeness (QED) is 0.488. The fourth-order valence-corrected chi connectivity index (χ4v) is 3.17. The van der Waals surface area contributed by atoms with Gasteiger partial charge in [-0.25, -0.2) is 14.6 Å². The average molecular weight is 441 g/mol. The number of benzene rings is 1. The van der Waals surface area contributed by atoms with E-state index in [0.29, 0.717) is 11.5 Å². The lowest BCUT2D eigenvalue weighted by atomic mass is 10.0. The number of hydrogen-bond donors (Lipinski definition) is 2. The summed E-state index contributed by atoms with van der Waals surface area (Å²) in [7, 11) is 1.78. The summed E-state index contributed by atoms with van der Waals surface area (Å²) in [6.07, 6.45) is -0.321. The molecule has 11 heteroatoms. The van der Waals surface area contributed by atoms with E-state index in [-0.39, 0.29) is 0 Å². The molecule has 0 radical (unpaired) electrons. The lowest BCUT2D eigenvalue weighted by Gasteiger charge is -2.11. The van der Waals surface area contributed by atoms with Crippen molar-refractivity contribution in [1.82, 2.24) is 24.7 Å². The topological polar surface area (TPSA) is 97.6 Å². The molecule has 32 heavy (non-hydrogen) atoms. The van der Waals surface area contributed by atoms with Crippen LogP contribution in [-0.2, 0) is 17.5 Å². The first kappa shape index (κ1) is 21.2. The number of alkyl halides is 3. The van der Waals surface area contributed by atoms with Crippen LogP contribution in [0.4, 0.5) is 24.7 Å². The number of aryl methyl sites for hydroxylation is 1. The number of fused-ring (bicyclic) bond motifs is 1. The number of halogens is 3. The molecule has 1 aromatic carbocycles. The van der Waals surface area contributed by atoms with E-state index in [4.69, 9.17) is 0 Å². The molecule has 1 amide bonds. The third-order valence-corrected chi connectivity index (χ3v) is 4.75. The van der Waals surface area contributed by atoms with Crippen molar-refractivity contribution in [1.29, 1.82) is 0 Å². The SMILES string of the molecule is CNc1cc2ncc(-c3cc(NC(=O)Cn4cnc(C(F)(F)F)n4)ccc3C)cc2cn1. The molecular formula is C21H18F3N7O. The average Bonchev–Trinajstić information content (AvgIpc) is 3.23. The van der Waals surface area contributed by atoms with Crippen LogP contribution in [0, 0.1) is 6.92 Å². The van der Waals surface area contributed by atoms with Crippen molar-refractivity contribution in [3.05, 3.63) is 60.4 Å². The minimum Gasteiger partial charge on any atom is -0.373 e. The summed E-state index contributed by atoms with van der Waals surface area (Å²) in [5.74, 6) is -1.10. The van der Waals surface area contributed by atoms with Gasteiger partial charge in [-0.1, -0.05) is 6.07 Å². The molecule has 3 aromatic heterocycles. The maximum atomic E-state index is 12.6. The monoisotopic (exact) mass is 441 g/mol. The van der Waals surface area contributed by atoms with Gasteiger partial charge < -0.3 is 10.6 Å². The van der Waals surface area contributed by atoms with E-state index >= 15 is 0 Å². The zero-order valence-electron chi connectivity index (χ0n) is 17.1. The first-order valence-electron chi connectivity index (χ1n) is 9.54. The van der Waals surface area contributed by atoms with Crippen molar-refractivity contribution < 1.29 is 18.0 Å². The molecule has 0 saturated carbocycles. The van der Waals surface area contributed by atoms with Crippen LogP contribution >= 0.6 is 0 Å². The molecule has 0 spiro atoms. The van der Waals surface area contributed by atoms with Gasteiger partial charge in [-0.15, -0.1) is 5.10 Å². The molecule has 0 aliphatic carbocycles. The van der Waals surface area contributed by atoms with E-state index in [0.717, 1.165) is 38.6 Å². The molecule has 0 unspecified atom stereocenters. The van der Waals surface area contributed by atoms with Gasteiger partial charge in [0, 0.05) is 42.1 Å². The third kappa shape index (κ3) is 4.51. The molecule has 0 bridgehead atoms. The molecule has 0 aliphatic rings. The summed E-state index contributed by atoms with van der Waals surface area (Å²) in [4.78, 5) is 24.3. The lowest BCUT2D eigenvalue weighted by molar-refractivity contribution is -0.145. The van der Waals surface area contributed by atoms with Crippen LogP contribution in [0.5, 0.6) is 0 Å². The highest BCUT2D eigenvalue weighted by molar-refractivity contribution is 5.92. The Morgan fingerprint density at radius 1 is 1.09 bits per heavy atom. The highest BCUT2D eigenvalue weighted by Gasteiger charge is 2.35. The Labute approximate surface area is 180 Å². The first-order valence-corrected chi connectivity index (χ1v) is 9.54. The maximum Gasteiger partial charge on any atom is 0.453 e. The Bertz CT molecular complexity index is 1300. The lowest BCUT2D eigenvalue weighted by Crippen LogP contribution is -2.19. The standard InChI is InChI=1S/C21H18F3N7O/c1-12-3-4-15(29-19(32)10-31-11-28-20(30-31)21(22,23)24)6-16(12)13-5-14-9-27-18(25-2)7-17(14)26-8-13/h3-9,11H,10H2,1-2H3,(H,25,27)(H,29,32). The fourth-order valence-electron chi connectivity index (χ4n) is 3.17. The van der Waals surface area contributed by atoms with Gasteiger partial charge in [0.05, 0.1) is 5.52 Å². The summed E-state index contributed by atoms with van der Waals surface area (Å²) >= 11 is 0. The molecular weight excluding hydrogens is 423 g/mol. The Kier molecular flexibility index (Phi) is 5.47. The largest absolute Gasteiger partial charge is 0.453 e. The predicted octanol–water partition coefficient (Wildman–Crippen LogP) is 3.90. The van der Waals surface area contributed by atoms with E-state index in [9.17, 15) is 18.0 Å². The summed E-state index contributed by atoms with van der Waals surface area (Å²) < 4.78 is 38.7. The van der Waals surface area contributed by atoms with Crippen molar-refractivity contribution >= 4 is 28.3 Å². The maximum absolute atomic E-state index is 12.6. The summed E-state index contributed by atoms with van der Waals surface area (Å²) in [5, 5.41) is 9.79. The van der Waals surface area contributed by atoms with Crippen LogP contribution < -0.4 is 10.6 Å². The van der Waals surface area contributed by atoms with Crippen molar-refractivity contribution in [3.63, 3.8) is 0 Å². The number of hydrogen-bond acceptors (Lipinski definition) is 6. The van der Waals surface area contributed by atoms with E-state index in [1.54, 1.807) is 31.6 Å². The molecule has 3 heterocycles. The Morgan fingerprint density at radius 3 is 2.62 bits per heavy atom. The van der Waals surface area contributed by atoms with Gasteiger partial charge in [0.1, 0.15) is 18.7 Å². The fraction of sp³-hybridized carbons (Fsp3) is 0.190. The van der Waals surface area contributed by atoms with Crippen LogP contribution in [0.2, 0.25) is 0 Å². The second kappa shape index (κ2) is 8.25. The smallest absolute Gasteiger partial charge is 0.373 e. The Hall–Kier alpha value is -4.02. The second-order valence-corrected chi connectivity index (χ2v) is 7.08. The zero-order chi connectivity index (χ0) is 22.9. The summed E-state index contributed by atoms with van der Waals surface area (Å²) in [5.41, 5.74) is 3.96. The van der Waals surface area contributed by atoms with Gasteiger partial charge in [0.2, 0.25) is 5.91 Å². The number of carbonyl (C=O) groups is 1. The molecule has 164 valence electrons. The van der Waals surface area contributed by atoms with E-state index < -0.39 is 24.5 Å². The molecule has 0 fully saturated rings. The minimum atomic E-state index is -4.66. The van der Waals surface area contributed by atoms with Crippen molar-refractivity contribution in [2.75, 3.05) is 17.7 Å². The normalized spacial score (nSPS) is 11.5. The first-order chi connectivity index (χ1) is 15.2. The number of nitrogens with zero attached hydrogens (tertiary/aromatic N) is 5. The highest BCUT2D eigenvalue weighted by atomic mass is 19.4. The third-order valence-electron chi connectivity index (χ3n) is 4.75. The van der Waals surface area contributed by atoms with Crippen LogP contribution in [0.25, 0.3) is 22.0 Å². The highest BCUT2D eigenvalue weighted by Crippen LogP contribution is 2.29. The molecule has 0 aliphatic heterocycles. The molecule has 0 atom stereocenters. The van der Waals surface area contributed by atoms with E-state index in [1.807, 2.05) is 25.1 Å². The van der Waals surface area contributed by atoms with Gasteiger partial charge in [-0.3, -0.25) is 9.78 Å². The van der Waals surface area contributed by atoms with Crippen LogP contribution in [-0.4, -0.2) is 37.7 Å². The van der Waals surface area contributed by atoms with Crippen molar-refractivity contribution in [3.8, 4) is 11.1 Å². The number of nitrogens with one attached hydrogen (secondary N) is 2. The van der Waals surface area contributed by atoms with Crippen LogP contribution in [0.15, 0.2) is 49.1 Å². The number of carbonyl (C=O) groups excluding carboxylic acids is 1. The predicted molar refractivity (Wildman–Crippen MR) is 113 cm³/mol. The van der Waals surface area contributed by atoms with Crippen LogP contribution in [0.1, 0.15) is 11.4 Å². The van der Waals surface area contributed by atoms with Crippen molar-refractivity contribution in [2.24, 2.45) is 0 Å². The minimum absolute atomic E-state index is 0.400. The number of amides is 1. The van der Waals surface area contributed by atoms with Gasteiger partial charge >= 0.3 is 6.18 Å². The number of aromatic nitrogens is 5. The number of rotatable bonds is 5. The molecule has 4 aromatic rings. The zero-order valence-corrected chi connectivity index (χ0v) is 17.1. The number of pyridine rings is 2. The summed E-state index contributed by atoms with van der Waals surface area (Å²) in [6, 6.07) is 9.14. The molecule has 4 rings (SSSR count). The molecule has 2 N–H and O–H groups in total. The molecule has 0 saturated heterocycles. The number of anilines is 2. The van der Waals surface area contributed by atoms with Gasteiger partial charge in [0.25, 0.3) is 5.82 Å². The van der Waals surface area contributed by atoms with Crippen molar-refractivity contribution in [2.45, 2.75) is 19.6 Å².